The van der Waals surface area contributed by atoms with Crippen molar-refractivity contribution in [3.63, 3.8) is 0 Å². The molecule has 11 heteroatoms. The fourth-order valence-electron chi connectivity index (χ4n) is 3.46. The third-order valence-corrected chi connectivity index (χ3v) is 7.35. The smallest absolute Gasteiger partial charge is 0.306 e. The van der Waals surface area contributed by atoms with Gasteiger partial charge in [0.1, 0.15) is 0 Å². The number of fused-ring (bicyclic) bond motifs is 2. The van der Waals surface area contributed by atoms with Gasteiger partial charge in [-0.3, -0.25) is 14.8 Å². The largest absolute Gasteiger partial charge is 0.323 e. The standard InChI is InChI=1S/C22H17N5O4S2/c1-12-5-4-8-18-19(12)25-22(32-18)26-20(28)14-6-2-3-7-15(14)27-33(30,31)13-9-10-16-17(11-13)24-21(29)23-16/h2-11,27H,1H3,(H2,23,24,29)(H,25,26,28). The Balaban J connectivity index is 1.44. The highest BCUT2D eigenvalue weighted by Gasteiger charge is 2.20. The fraction of sp³-hybridized carbons (Fsp3) is 0.0455. The molecular formula is C22H17N5O4S2. The van der Waals surface area contributed by atoms with Crippen molar-refractivity contribution < 1.29 is 13.2 Å². The van der Waals surface area contributed by atoms with Crippen molar-refractivity contribution in [3.8, 4) is 0 Å². The van der Waals surface area contributed by atoms with Crippen LogP contribution in [0.25, 0.3) is 21.3 Å². The molecule has 0 aliphatic rings. The SMILES string of the molecule is Cc1cccc2sc(NC(=O)c3ccccc3NS(=O)(=O)c3ccc4[nH]c(=O)[nH]c4c3)nc12. The van der Waals surface area contributed by atoms with E-state index in [1.54, 1.807) is 12.1 Å². The quantitative estimate of drug-likeness (QED) is 0.304. The summed E-state index contributed by atoms with van der Waals surface area (Å²) in [7, 11) is -4.03. The van der Waals surface area contributed by atoms with Gasteiger partial charge in [0, 0.05) is 0 Å². The first-order valence-electron chi connectivity index (χ1n) is 9.81. The number of H-pyrrole nitrogens is 2. The summed E-state index contributed by atoms with van der Waals surface area (Å²) in [5.41, 5.74) is 2.50. The van der Waals surface area contributed by atoms with Gasteiger partial charge in [0.2, 0.25) is 0 Å². The summed E-state index contributed by atoms with van der Waals surface area (Å²) in [6.07, 6.45) is 0. The van der Waals surface area contributed by atoms with Crippen molar-refractivity contribution in [2.45, 2.75) is 11.8 Å². The average molecular weight is 480 g/mol. The molecule has 5 rings (SSSR count). The van der Waals surface area contributed by atoms with Crippen LogP contribution in [0.1, 0.15) is 15.9 Å². The molecule has 0 aliphatic heterocycles. The molecule has 0 spiro atoms. The summed E-state index contributed by atoms with van der Waals surface area (Å²) in [5.74, 6) is -0.490. The number of amides is 1. The van der Waals surface area contributed by atoms with Crippen LogP contribution in [0.4, 0.5) is 10.8 Å². The summed E-state index contributed by atoms with van der Waals surface area (Å²) in [4.78, 5) is 34.0. The van der Waals surface area contributed by atoms with Crippen molar-refractivity contribution in [2.75, 3.05) is 10.0 Å². The van der Waals surface area contributed by atoms with Crippen LogP contribution in [0, 0.1) is 6.92 Å². The molecule has 0 saturated heterocycles. The second-order valence-corrected chi connectivity index (χ2v) is 10.0. The molecule has 5 aromatic rings. The van der Waals surface area contributed by atoms with Crippen molar-refractivity contribution in [2.24, 2.45) is 0 Å². The highest BCUT2D eigenvalue weighted by molar-refractivity contribution is 7.92. The number of benzene rings is 3. The first kappa shape index (κ1) is 20.9. The summed E-state index contributed by atoms with van der Waals surface area (Å²) in [5, 5.41) is 3.18. The van der Waals surface area contributed by atoms with Crippen LogP contribution in [0.5, 0.6) is 0 Å². The second kappa shape index (κ2) is 7.87. The molecular weight excluding hydrogens is 462 g/mol. The molecule has 0 aliphatic carbocycles. The molecule has 3 aromatic carbocycles. The number of nitrogens with zero attached hydrogens (tertiary/aromatic N) is 1. The summed E-state index contributed by atoms with van der Waals surface area (Å²) in [6.45, 7) is 1.94. The van der Waals surface area contributed by atoms with E-state index >= 15 is 0 Å². The average Bonchev–Trinajstić information content (AvgIpc) is 3.36. The Hall–Kier alpha value is -3.96. The topological polar surface area (TPSA) is 137 Å². The highest BCUT2D eigenvalue weighted by Crippen LogP contribution is 2.29. The van der Waals surface area contributed by atoms with Crippen molar-refractivity contribution in [3.05, 3.63) is 82.3 Å². The lowest BCUT2D eigenvalue weighted by atomic mass is 10.2. The van der Waals surface area contributed by atoms with Gasteiger partial charge < -0.3 is 9.97 Å². The number of hydrogen-bond acceptors (Lipinski definition) is 6. The lowest BCUT2D eigenvalue weighted by Crippen LogP contribution is -2.18. The molecule has 0 fully saturated rings. The van der Waals surface area contributed by atoms with Crippen LogP contribution >= 0.6 is 11.3 Å². The lowest BCUT2D eigenvalue weighted by molar-refractivity contribution is 0.102. The Labute approximate surface area is 191 Å². The Morgan fingerprint density at radius 2 is 1.79 bits per heavy atom. The molecule has 33 heavy (non-hydrogen) atoms. The van der Waals surface area contributed by atoms with Gasteiger partial charge in [0.15, 0.2) is 5.13 Å². The van der Waals surface area contributed by atoms with Gasteiger partial charge >= 0.3 is 5.69 Å². The summed E-state index contributed by atoms with van der Waals surface area (Å²) >= 11 is 1.34. The van der Waals surface area contributed by atoms with Gasteiger partial charge in [-0.15, -0.1) is 0 Å². The molecule has 9 nitrogen and oxygen atoms in total. The summed E-state index contributed by atoms with van der Waals surface area (Å²) < 4.78 is 29.4. The van der Waals surface area contributed by atoms with E-state index in [0.29, 0.717) is 16.2 Å². The van der Waals surface area contributed by atoms with Crippen molar-refractivity contribution in [1.29, 1.82) is 0 Å². The van der Waals surface area contributed by atoms with E-state index in [2.05, 4.69) is 25.0 Å². The highest BCUT2D eigenvalue weighted by atomic mass is 32.2. The number of hydrogen-bond donors (Lipinski definition) is 4. The Bertz CT molecular complexity index is 1700. The number of thiazole rings is 1. The Kier molecular flexibility index (Phi) is 4.99. The third kappa shape index (κ3) is 3.99. The first-order chi connectivity index (χ1) is 15.8. The van der Waals surface area contributed by atoms with Gasteiger partial charge in [-0.2, -0.15) is 0 Å². The maximum absolute atomic E-state index is 13.0. The van der Waals surface area contributed by atoms with E-state index < -0.39 is 21.6 Å². The van der Waals surface area contributed by atoms with Gasteiger partial charge in [0.25, 0.3) is 15.9 Å². The van der Waals surface area contributed by atoms with Crippen molar-refractivity contribution in [1.82, 2.24) is 15.0 Å². The number of aryl methyl sites for hydroxylation is 1. The predicted molar refractivity (Wildman–Crippen MR) is 128 cm³/mol. The molecule has 0 atom stereocenters. The minimum Gasteiger partial charge on any atom is -0.306 e. The molecule has 2 aromatic heterocycles. The molecule has 166 valence electrons. The number of anilines is 2. The molecule has 2 heterocycles. The number of carbonyl (C=O) groups is 1. The number of nitrogens with one attached hydrogen (secondary N) is 4. The van der Waals surface area contributed by atoms with Crippen LogP contribution in [0.3, 0.4) is 0 Å². The number of sulfonamides is 1. The monoisotopic (exact) mass is 479 g/mol. The normalized spacial score (nSPS) is 11.7. The van der Waals surface area contributed by atoms with Crippen LogP contribution in [0.15, 0.2) is 70.4 Å². The van der Waals surface area contributed by atoms with Crippen molar-refractivity contribution >= 4 is 59.3 Å². The zero-order chi connectivity index (χ0) is 23.2. The Morgan fingerprint density at radius 3 is 2.61 bits per heavy atom. The van der Waals surface area contributed by atoms with E-state index in [1.165, 1.54) is 41.7 Å². The van der Waals surface area contributed by atoms with Crippen LogP contribution < -0.4 is 15.7 Å². The number of rotatable bonds is 5. The Morgan fingerprint density at radius 1 is 1.00 bits per heavy atom. The number of carbonyl (C=O) groups excluding carboxylic acids is 1. The molecule has 1 amide bonds. The molecule has 0 radical (unpaired) electrons. The van der Waals surface area contributed by atoms with Gasteiger partial charge in [-0.05, 0) is 48.9 Å². The number of aromatic nitrogens is 3. The van der Waals surface area contributed by atoms with E-state index in [1.807, 2.05) is 25.1 Å². The third-order valence-electron chi connectivity index (χ3n) is 5.05. The zero-order valence-electron chi connectivity index (χ0n) is 17.2. The summed E-state index contributed by atoms with van der Waals surface area (Å²) in [6, 6.07) is 16.3. The molecule has 0 unspecified atom stereocenters. The minimum absolute atomic E-state index is 0.0536. The molecule has 0 bridgehead atoms. The van der Waals surface area contributed by atoms with E-state index in [0.717, 1.165) is 15.8 Å². The molecule has 4 N–H and O–H groups in total. The van der Waals surface area contributed by atoms with E-state index in [-0.39, 0.29) is 16.1 Å². The second-order valence-electron chi connectivity index (χ2n) is 7.33. The van der Waals surface area contributed by atoms with Gasteiger partial charge in [-0.25, -0.2) is 18.2 Å². The number of para-hydroxylation sites is 2. The first-order valence-corrected chi connectivity index (χ1v) is 12.1. The maximum Gasteiger partial charge on any atom is 0.323 e. The minimum atomic E-state index is -4.03. The van der Waals surface area contributed by atoms with Gasteiger partial charge in [0.05, 0.1) is 37.4 Å². The molecule has 0 saturated carbocycles. The van der Waals surface area contributed by atoms with Gasteiger partial charge in [-0.1, -0.05) is 35.6 Å². The maximum atomic E-state index is 13.0. The lowest BCUT2D eigenvalue weighted by Gasteiger charge is -2.12. The predicted octanol–water partition coefficient (Wildman–Crippen LogP) is 3.83. The van der Waals surface area contributed by atoms with E-state index in [4.69, 9.17) is 0 Å². The fourth-order valence-corrected chi connectivity index (χ4v) is 5.50. The number of imidazole rings is 1. The number of aromatic amines is 2. The van der Waals surface area contributed by atoms with E-state index in [9.17, 15) is 18.0 Å². The zero-order valence-corrected chi connectivity index (χ0v) is 18.8. The van der Waals surface area contributed by atoms with Crippen LogP contribution in [-0.2, 0) is 10.0 Å². The van der Waals surface area contributed by atoms with Crippen LogP contribution in [-0.4, -0.2) is 29.3 Å². The van der Waals surface area contributed by atoms with Crippen LogP contribution in [0.2, 0.25) is 0 Å².